The van der Waals surface area contributed by atoms with E-state index in [0.717, 1.165) is 0 Å². The monoisotopic (exact) mass is 311 g/mol. The topological polar surface area (TPSA) is 83.8 Å². The SMILES string of the molecule is O=c1cc(-c2ccco2)[nH]c2[nH]n(-c3ccc(F)cc3)c(=O)c12. The first-order valence-electron chi connectivity index (χ1n) is 6.81. The molecule has 4 aromatic rings. The first-order valence-corrected chi connectivity index (χ1v) is 6.81. The van der Waals surface area contributed by atoms with Gasteiger partial charge in [0.25, 0.3) is 5.56 Å². The molecule has 3 aromatic heterocycles. The van der Waals surface area contributed by atoms with Crippen LogP contribution < -0.4 is 11.0 Å². The number of rotatable bonds is 2. The van der Waals surface area contributed by atoms with Crippen LogP contribution in [0.2, 0.25) is 0 Å². The molecule has 23 heavy (non-hydrogen) atoms. The number of benzene rings is 1. The highest BCUT2D eigenvalue weighted by Crippen LogP contribution is 2.17. The van der Waals surface area contributed by atoms with Crippen LogP contribution >= 0.6 is 0 Å². The van der Waals surface area contributed by atoms with E-state index in [1.165, 1.54) is 41.3 Å². The summed E-state index contributed by atoms with van der Waals surface area (Å²) >= 11 is 0. The second-order valence-corrected chi connectivity index (χ2v) is 5.00. The van der Waals surface area contributed by atoms with Crippen LogP contribution in [0.3, 0.4) is 0 Å². The van der Waals surface area contributed by atoms with Crippen LogP contribution in [0.4, 0.5) is 4.39 Å². The Morgan fingerprint density at radius 2 is 1.87 bits per heavy atom. The maximum Gasteiger partial charge on any atom is 0.284 e. The molecule has 3 heterocycles. The van der Waals surface area contributed by atoms with Gasteiger partial charge in [-0.15, -0.1) is 0 Å². The van der Waals surface area contributed by atoms with E-state index in [0.29, 0.717) is 17.1 Å². The van der Waals surface area contributed by atoms with E-state index in [1.807, 2.05) is 0 Å². The summed E-state index contributed by atoms with van der Waals surface area (Å²) in [6.07, 6.45) is 1.49. The summed E-state index contributed by atoms with van der Waals surface area (Å²) in [5, 5.41) is 2.83. The molecule has 6 nitrogen and oxygen atoms in total. The minimum absolute atomic E-state index is 0.00429. The summed E-state index contributed by atoms with van der Waals surface area (Å²) in [6, 6.07) is 10.1. The van der Waals surface area contributed by atoms with Gasteiger partial charge in [0.05, 0.1) is 17.6 Å². The van der Waals surface area contributed by atoms with E-state index >= 15 is 0 Å². The van der Waals surface area contributed by atoms with Gasteiger partial charge in [-0.1, -0.05) is 0 Å². The molecule has 0 saturated heterocycles. The van der Waals surface area contributed by atoms with E-state index in [4.69, 9.17) is 4.42 Å². The molecular formula is C16H10FN3O3. The van der Waals surface area contributed by atoms with E-state index in [1.54, 1.807) is 12.1 Å². The fourth-order valence-corrected chi connectivity index (χ4v) is 2.47. The van der Waals surface area contributed by atoms with Crippen molar-refractivity contribution < 1.29 is 8.81 Å². The molecule has 0 fully saturated rings. The molecule has 1 aromatic carbocycles. The second-order valence-electron chi connectivity index (χ2n) is 5.00. The molecule has 0 saturated carbocycles. The van der Waals surface area contributed by atoms with Gasteiger partial charge >= 0.3 is 0 Å². The Morgan fingerprint density at radius 1 is 1.09 bits per heavy atom. The predicted molar refractivity (Wildman–Crippen MR) is 82.2 cm³/mol. The number of pyridine rings is 1. The zero-order valence-electron chi connectivity index (χ0n) is 11.7. The van der Waals surface area contributed by atoms with Crippen LogP contribution in [0, 0.1) is 5.82 Å². The minimum atomic E-state index is -0.501. The predicted octanol–water partition coefficient (Wildman–Crippen LogP) is 2.41. The molecule has 0 spiro atoms. The number of hydrogen-bond acceptors (Lipinski definition) is 3. The Kier molecular flexibility index (Phi) is 2.80. The van der Waals surface area contributed by atoms with Crippen molar-refractivity contribution in [3.8, 4) is 17.1 Å². The number of aromatic amines is 2. The quantitative estimate of drug-likeness (QED) is 0.596. The maximum atomic E-state index is 13.0. The Hall–Kier alpha value is -3.35. The van der Waals surface area contributed by atoms with Crippen LogP contribution in [0.25, 0.3) is 28.2 Å². The van der Waals surface area contributed by atoms with Crippen molar-refractivity contribution >= 4 is 11.0 Å². The van der Waals surface area contributed by atoms with Gasteiger partial charge in [-0.05, 0) is 36.4 Å². The average Bonchev–Trinajstić information content (AvgIpc) is 3.16. The number of fused-ring (bicyclic) bond motifs is 1. The summed E-state index contributed by atoms with van der Waals surface area (Å²) in [6.45, 7) is 0. The minimum Gasteiger partial charge on any atom is -0.463 e. The number of furan rings is 1. The molecule has 0 radical (unpaired) electrons. The van der Waals surface area contributed by atoms with Crippen molar-refractivity contribution in [2.45, 2.75) is 0 Å². The molecular weight excluding hydrogens is 301 g/mol. The standard InChI is InChI=1S/C16H10FN3O3/c17-9-3-5-10(6-4-9)20-16(22)14-12(21)8-11(18-15(14)19-20)13-2-1-7-23-13/h1-8H,(H2,18,19,21). The number of H-pyrrole nitrogens is 2. The average molecular weight is 311 g/mol. The zero-order valence-corrected chi connectivity index (χ0v) is 11.7. The second kappa shape index (κ2) is 4.84. The summed E-state index contributed by atoms with van der Waals surface area (Å²) in [7, 11) is 0. The molecule has 0 amide bonds. The Labute approximate surface area is 127 Å². The molecule has 7 heteroatoms. The Bertz CT molecular complexity index is 1100. The van der Waals surface area contributed by atoms with Crippen LogP contribution in [-0.2, 0) is 0 Å². The summed E-state index contributed by atoms with van der Waals surface area (Å²) in [4.78, 5) is 27.7. The normalized spacial score (nSPS) is 11.2. The highest BCUT2D eigenvalue weighted by atomic mass is 19.1. The van der Waals surface area contributed by atoms with Crippen molar-refractivity contribution in [2.75, 3.05) is 0 Å². The Balaban J connectivity index is 1.97. The molecule has 0 unspecified atom stereocenters. The van der Waals surface area contributed by atoms with E-state index in [2.05, 4.69) is 10.1 Å². The van der Waals surface area contributed by atoms with E-state index in [9.17, 15) is 14.0 Å². The third-order valence-corrected chi connectivity index (χ3v) is 3.54. The summed E-state index contributed by atoms with van der Waals surface area (Å²) < 4.78 is 19.5. The van der Waals surface area contributed by atoms with Gasteiger partial charge in [-0.2, -0.15) is 0 Å². The van der Waals surface area contributed by atoms with Gasteiger partial charge in [0.1, 0.15) is 22.6 Å². The first-order chi connectivity index (χ1) is 11.1. The Morgan fingerprint density at radius 3 is 2.57 bits per heavy atom. The molecule has 0 aliphatic heterocycles. The molecule has 114 valence electrons. The van der Waals surface area contributed by atoms with Crippen molar-refractivity contribution in [2.24, 2.45) is 0 Å². The molecule has 0 atom stereocenters. The number of hydrogen-bond donors (Lipinski definition) is 2. The zero-order chi connectivity index (χ0) is 16.0. The van der Waals surface area contributed by atoms with Gasteiger partial charge in [0.2, 0.25) is 0 Å². The van der Waals surface area contributed by atoms with E-state index in [-0.39, 0.29) is 11.0 Å². The number of nitrogens with zero attached hydrogens (tertiary/aromatic N) is 1. The largest absolute Gasteiger partial charge is 0.463 e. The van der Waals surface area contributed by atoms with Crippen molar-refractivity contribution in [1.82, 2.24) is 14.8 Å². The number of halogens is 1. The fourth-order valence-electron chi connectivity index (χ4n) is 2.47. The smallest absolute Gasteiger partial charge is 0.284 e. The number of aromatic nitrogens is 3. The maximum absolute atomic E-state index is 13.0. The lowest BCUT2D eigenvalue weighted by molar-refractivity contribution is 0.580. The third kappa shape index (κ3) is 2.10. The highest BCUT2D eigenvalue weighted by molar-refractivity contribution is 5.77. The molecule has 0 bridgehead atoms. The van der Waals surface area contributed by atoms with Crippen LogP contribution in [-0.4, -0.2) is 14.8 Å². The third-order valence-electron chi connectivity index (χ3n) is 3.54. The molecule has 0 aliphatic carbocycles. The first kappa shape index (κ1) is 13.3. The highest BCUT2D eigenvalue weighted by Gasteiger charge is 2.14. The lowest BCUT2D eigenvalue weighted by atomic mass is 10.2. The lowest BCUT2D eigenvalue weighted by Crippen LogP contribution is -2.18. The molecule has 0 aliphatic rings. The van der Waals surface area contributed by atoms with Gasteiger partial charge in [0, 0.05) is 6.07 Å². The van der Waals surface area contributed by atoms with Crippen molar-refractivity contribution in [3.63, 3.8) is 0 Å². The summed E-state index contributed by atoms with van der Waals surface area (Å²) in [5.41, 5.74) is 0.240. The van der Waals surface area contributed by atoms with Gasteiger partial charge < -0.3 is 9.40 Å². The molecule has 2 N–H and O–H groups in total. The van der Waals surface area contributed by atoms with Crippen molar-refractivity contribution in [1.29, 1.82) is 0 Å². The van der Waals surface area contributed by atoms with E-state index < -0.39 is 16.8 Å². The van der Waals surface area contributed by atoms with Gasteiger partial charge in [-0.3, -0.25) is 14.7 Å². The van der Waals surface area contributed by atoms with Crippen LogP contribution in [0.1, 0.15) is 0 Å². The fraction of sp³-hybridized carbons (Fsp3) is 0. The van der Waals surface area contributed by atoms with Crippen LogP contribution in [0.15, 0.2) is 62.7 Å². The van der Waals surface area contributed by atoms with Gasteiger partial charge in [-0.25, -0.2) is 9.07 Å². The summed E-state index contributed by atoms with van der Waals surface area (Å²) in [5.74, 6) is 0.0773. The van der Waals surface area contributed by atoms with Gasteiger partial charge in [0.15, 0.2) is 5.43 Å². The van der Waals surface area contributed by atoms with Crippen molar-refractivity contribution in [3.05, 3.63) is 75.1 Å². The number of nitrogens with one attached hydrogen (secondary N) is 2. The lowest BCUT2D eigenvalue weighted by Gasteiger charge is -2.00. The van der Waals surface area contributed by atoms with Crippen LogP contribution in [0.5, 0.6) is 0 Å². The molecule has 4 rings (SSSR count).